The van der Waals surface area contributed by atoms with Crippen LogP contribution in [0.4, 0.5) is 14.5 Å². The van der Waals surface area contributed by atoms with Crippen molar-refractivity contribution in [2.45, 2.75) is 13.8 Å². The van der Waals surface area contributed by atoms with Gasteiger partial charge in [-0.15, -0.1) is 5.10 Å². The van der Waals surface area contributed by atoms with E-state index in [9.17, 15) is 13.6 Å². The summed E-state index contributed by atoms with van der Waals surface area (Å²) in [6.45, 7) is 3.57. The van der Waals surface area contributed by atoms with Crippen LogP contribution in [0.2, 0.25) is 0 Å². The van der Waals surface area contributed by atoms with E-state index in [1.807, 2.05) is 0 Å². The monoisotopic (exact) mass is 303 g/mol. The highest BCUT2D eigenvalue weighted by Crippen LogP contribution is 2.18. The maximum Gasteiger partial charge on any atom is 0.295 e. The van der Waals surface area contributed by atoms with E-state index in [2.05, 4.69) is 20.4 Å². The Morgan fingerprint density at radius 1 is 1.18 bits per heavy atom. The maximum atomic E-state index is 13.5. The van der Waals surface area contributed by atoms with Gasteiger partial charge in [-0.2, -0.15) is 4.98 Å². The van der Waals surface area contributed by atoms with E-state index >= 15 is 0 Å². The smallest absolute Gasteiger partial charge is 0.295 e. The van der Waals surface area contributed by atoms with Gasteiger partial charge in [0.1, 0.15) is 17.3 Å². The van der Waals surface area contributed by atoms with Gasteiger partial charge in [0.05, 0.1) is 0 Å². The van der Waals surface area contributed by atoms with E-state index in [4.69, 9.17) is 0 Å². The summed E-state index contributed by atoms with van der Waals surface area (Å²) in [4.78, 5) is 20.2. The van der Waals surface area contributed by atoms with Gasteiger partial charge in [-0.05, 0) is 32.0 Å². The molecule has 1 amide bonds. The minimum atomic E-state index is -0.873. The van der Waals surface area contributed by atoms with Crippen LogP contribution in [0.25, 0.3) is 5.78 Å². The lowest BCUT2D eigenvalue weighted by molar-refractivity contribution is 0.101. The second-order valence-corrected chi connectivity index (χ2v) is 4.74. The largest absolute Gasteiger partial charge is 0.314 e. The molecule has 22 heavy (non-hydrogen) atoms. The highest BCUT2D eigenvalue weighted by Gasteiger charge is 2.18. The van der Waals surface area contributed by atoms with Gasteiger partial charge in [-0.1, -0.05) is 6.07 Å². The van der Waals surface area contributed by atoms with Gasteiger partial charge >= 0.3 is 0 Å². The Kier molecular flexibility index (Phi) is 3.28. The molecular weight excluding hydrogens is 292 g/mol. The number of aromatic nitrogens is 4. The van der Waals surface area contributed by atoms with Gasteiger partial charge in [0, 0.05) is 11.4 Å². The Labute approximate surface area is 123 Å². The molecule has 0 atom stereocenters. The fourth-order valence-electron chi connectivity index (χ4n) is 2.05. The molecule has 3 rings (SSSR count). The third kappa shape index (κ3) is 2.39. The topological polar surface area (TPSA) is 72.2 Å². The Morgan fingerprint density at radius 2 is 1.86 bits per heavy atom. The molecule has 3 aromatic rings. The Balaban J connectivity index is 1.97. The highest BCUT2D eigenvalue weighted by molar-refractivity contribution is 6.01. The lowest BCUT2D eigenvalue weighted by Crippen LogP contribution is -2.16. The second-order valence-electron chi connectivity index (χ2n) is 4.74. The van der Waals surface area contributed by atoms with E-state index < -0.39 is 23.2 Å². The van der Waals surface area contributed by atoms with Crippen LogP contribution in [-0.4, -0.2) is 25.5 Å². The number of halogens is 2. The molecule has 0 aliphatic rings. The molecule has 0 fully saturated rings. The predicted molar refractivity (Wildman–Crippen MR) is 74.6 cm³/mol. The minimum Gasteiger partial charge on any atom is -0.314 e. The summed E-state index contributed by atoms with van der Waals surface area (Å²) in [5, 5.41) is 6.13. The van der Waals surface area contributed by atoms with Crippen molar-refractivity contribution < 1.29 is 13.6 Å². The Bertz CT molecular complexity index is 870. The van der Waals surface area contributed by atoms with Gasteiger partial charge < -0.3 is 5.32 Å². The molecule has 0 saturated heterocycles. The number of rotatable bonds is 2. The number of benzene rings is 1. The molecule has 0 saturated carbocycles. The number of hydrogen-bond donors (Lipinski definition) is 1. The molecule has 1 aromatic carbocycles. The first-order valence-electron chi connectivity index (χ1n) is 6.42. The Hall–Kier alpha value is -2.90. The third-order valence-corrected chi connectivity index (χ3v) is 3.02. The minimum absolute atomic E-state index is 0.219. The predicted octanol–water partition coefficient (Wildman–Crippen LogP) is 2.27. The summed E-state index contributed by atoms with van der Waals surface area (Å²) in [6.07, 6.45) is 0. The van der Waals surface area contributed by atoms with Crippen molar-refractivity contribution in [3.8, 4) is 0 Å². The number of anilines is 1. The van der Waals surface area contributed by atoms with Crippen LogP contribution in [0.15, 0.2) is 24.3 Å². The number of carbonyl (C=O) groups is 1. The van der Waals surface area contributed by atoms with Crippen LogP contribution in [0.5, 0.6) is 0 Å². The number of para-hydroxylation sites is 1. The molecule has 0 radical (unpaired) electrons. The van der Waals surface area contributed by atoms with Gasteiger partial charge in [-0.3, -0.25) is 4.79 Å². The van der Waals surface area contributed by atoms with Crippen molar-refractivity contribution in [3.63, 3.8) is 0 Å². The van der Waals surface area contributed by atoms with E-state index in [0.717, 1.165) is 23.5 Å². The van der Waals surface area contributed by atoms with Crippen LogP contribution >= 0.6 is 0 Å². The molecular formula is C14H11F2N5O. The first kappa shape index (κ1) is 14.1. The van der Waals surface area contributed by atoms with Gasteiger partial charge in [0.15, 0.2) is 0 Å². The lowest BCUT2D eigenvalue weighted by atomic mass is 10.3. The number of fused-ring (bicyclic) bond motifs is 1. The molecule has 0 aliphatic carbocycles. The number of nitrogens with zero attached hydrogens (tertiary/aromatic N) is 4. The molecule has 6 nitrogen and oxygen atoms in total. The fraction of sp³-hybridized carbons (Fsp3) is 0.143. The zero-order valence-corrected chi connectivity index (χ0v) is 11.8. The number of amides is 1. The van der Waals surface area contributed by atoms with Crippen molar-refractivity contribution in [1.29, 1.82) is 0 Å². The van der Waals surface area contributed by atoms with Crippen molar-refractivity contribution in [2.75, 3.05) is 5.32 Å². The number of carbonyl (C=O) groups excluding carboxylic acids is 1. The number of aryl methyl sites for hydroxylation is 2. The van der Waals surface area contributed by atoms with Crippen LogP contribution in [-0.2, 0) is 0 Å². The molecule has 0 spiro atoms. The zero-order chi connectivity index (χ0) is 15.9. The summed E-state index contributed by atoms with van der Waals surface area (Å²) in [6, 6.07) is 5.08. The van der Waals surface area contributed by atoms with Gasteiger partial charge in [0.2, 0.25) is 5.82 Å². The molecule has 2 heterocycles. The Morgan fingerprint density at radius 3 is 2.55 bits per heavy atom. The average Bonchev–Trinajstić information content (AvgIpc) is 2.87. The van der Waals surface area contributed by atoms with Gasteiger partial charge in [0.25, 0.3) is 11.7 Å². The summed E-state index contributed by atoms with van der Waals surface area (Å²) < 4.78 is 28.5. The molecule has 0 bridgehead atoms. The molecule has 8 heteroatoms. The average molecular weight is 303 g/mol. The number of hydrogen-bond acceptors (Lipinski definition) is 4. The van der Waals surface area contributed by atoms with Crippen molar-refractivity contribution in [2.24, 2.45) is 0 Å². The molecule has 0 aliphatic heterocycles. The summed E-state index contributed by atoms with van der Waals surface area (Å²) in [5.74, 6) is -2.53. The number of nitrogens with one attached hydrogen (secondary N) is 1. The van der Waals surface area contributed by atoms with Crippen molar-refractivity contribution in [1.82, 2.24) is 19.6 Å². The summed E-state index contributed by atoms with van der Waals surface area (Å²) in [5.41, 5.74) is 0.933. The van der Waals surface area contributed by atoms with Gasteiger partial charge in [-0.25, -0.2) is 18.3 Å². The molecule has 0 unspecified atom stereocenters. The van der Waals surface area contributed by atoms with Crippen molar-refractivity contribution in [3.05, 3.63) is 53.1 Å². The van der Waals surface area contributed by atoms with E-state index in [1.165, 1.54) is 10.6 Å². The quantitative estimate of drug-likeness (QED) is 0.788. The molecule has 112 valence electrons. The second kappa shape index (κ2) is 5.14. The summed E-state index contributed by atoms with van der Waals surface area (Å²) >= 11 is 0. The summed E-state index contributed by atoms with van der Waals surface area (Å²) in [7, 11) is 0. The lowest BCUT2D eigenvalue weighted by Gasteiger charge is -2.04. The standard InChI is InChI=1S/C14H11F2N5O/c1-7-6-8(2)21-14(17-7)19-12(20-21)13(22)18-11-9(15)4-3-5-10(11)16/h3-6H,1-2H3,(H,18,22). The zero-order valence-electron chi connectivity index (χ0n) is 11.8. The third-order valence-electron chi connectivity index (χ3n) is 3.02. The highest BCUT2D eigenvalue weighted by atomic mass is 19.1. The fourth-order valence-corrected chi connectivity index (χ4v) is 2.05. The molecule has 2 aromatic heterocycles. The first-order chi connectivity index (χ1) is 10.5. The van der Waals surface area contributed by atoms with Crippen LogP contribution < -0.4 is 5.32 Å². The van der Waals surface area contributed by atoms with E-state index in [1.54, 1.807) is 19.9 Å². The maximum absolute atomic E-state index is 13.5. The normalized spacial score (nSPS) is 10.9. The van der Waals surface area contributed by atoms with E-state index in [0.29, 0.717) is 0 Å². The van der Waals surface area contributed by atoms with Crippen LogP contribution in [0, 0.1) is 25.5 Å². The van der Waals surface area contributed by atoms with Crippen LogP contribution in [0.1, 0.15) is 22.0 Å². The van der Waals surface area contributed by atoms with E-state index in [-0.39, 0.29) is 11.6 Å². The van der Waals surface area contributed by atoms with Crippen LogP contribution in [0.3, 0.4) is 0 Å². The first-order valence-corrected chi connectivity index (χ1v) is 6.42. The van der Waals surface area contributed by atoms with Crippen molar-refractivity contribution >= 4 is 17.4 Å². The SMILES string of the molecule is Cc1cc(C)n2nc(C(=O)Nc3c(F)cccc3F)nc2n1. The molecule has 1 N–H and O–H groups in total.